The molecule has 1 heterocycles. The molecular weight excluding hydrogens is 477 g/mol. The topological polar surface area (TPSA) is 82.1 Å². The molecule has 2 aromatic rings. The summed E-state index contributed by atoms with van der Waals surface area (Å²) >= 11 is 12.9. The molecular formula is C22H19Cl2NO6S. The molecule has 2 aromatic carbocycles. The molecule has 0 unspecified atom stereocenters. The van der Waals surface area contributed by atoms with Gasteiger partial charge in [-0.1, -0.05) is 35.3 Å². The smallest absolute Gasteiger partial charge is 0.344 e. The molecule has 7 nitrogen and oxygen atoms in total. The molecule has 1 saturated heterocycles. The molecule has 2 amide bonds. The lowest BCUT2D eigenvalue weighted by atomic mass is 10.1. The summed E-state index contributed by atoms with van der Waals surface area (Å²) in [6, 6.07) is 9.83. The highest BCUT2D eigenvalue weighted by atomic mass is 35.5. The minimum atomic E-state index is -0.493. The van der Waals surface area contributed by atoms with E-state index in [1.54, 1.807) is 49.4 Å². The highest BCUT2D eigenvalue weighted by Crippen LogP contribution is 2.36. The number of thioether (sulfide) groups is 1. The van der Waals surface area contributed by atoms with Crippen LogP contribution in [0.4, 0.5) is 4.79 Å². The molecule has 1 fully saturated rings. The third-order valence-corrected chi connectivity index (χ3v) is 5.85. The first-order chi connectivity index (χ1) is 15.3. The van der Waals surface area contributed by atoms with Crippen molar-refractivity contribution >= 4 is 58.2 Å². The second-order valence-corrected chi connectivity index (χ2v) is 8.34. The van der Waals surface area contributed by atoms with Gasteiger partial charge in [0.25, 0.3) is 11.1 Å². The van der Waals surface area contributed by atoms with Crippen LogP contribution in [0.5, 0.6) is 11.5 Å². The number of esters is 1. The Morgan fingerprint density at radius 2 is 1.91 bits per heavy atom. The van der Waals surface area contributed by atoms with Crippen molar-refractivity contribution in [3.63, 3.8) is 0 Å². The van der Waals surface area contributed by atoms with Gasteiger partial charge in [-0.3, -0.25) is 14.5 Å². The average Bonchev–Trinajstić information content (AvgIpc) is 3.02. The van der Waals surface area contributed by atoms with Crippen LogP contribution in [0.25, 0.3) is 6.08 Å². The van der Waals surface area contributed by atoms with E-state index in [0.717, 1.165) is 16.7 Å². The summed E-state index contributed by atoms with van der Waals surface area (Å²) in [7, 11) is 1.46. The number of nitrogens with zero attached hydrogens (tertiary/aromatic N) is 1. The molecule has 32 heavy (non-hydrogen) atoms. The molecule has 168 valence electrons. The standard InChI is InChI=1S/C22H19Cl2NO6S/c1-3-30-20(26)12-31-17-7-4-13(8-18(17)29-2)9-19-21(27)25(22(28)32-19)11-14-5-6-15(23)10-16(14)24/h4-10H,3,11-12H2,1-2H3/b19-9-. The highest BCUT2D eigenvalue weighted by molar-refractivity contribution is 8.18. The average molecular weight is 496 g/mol. The van der Waals surface area contributed by atoms with Crippen molar-refractivity contribution in [1.82, 2.24) is 4.90 Å². The number of imide groups is 1. The maximum Gasteiger partial charge on any atom is 0.344 e. The van der Waals surface area contributed by atoms with E-state index >= 15 is 0 Å². The fourth-order valence-corrected chi connectivity index (χ4v) is 4.15. The lowest BCUT2D eigenvalue weighted by molar-refractivity contribution is -0.145. The monoisotopic (exact) mass is 495 g/mol. The molecule has 10 heteroatoms. The maximum absolute atomic E-state index is 12.8. The van der Waals surface area contributed by atoms with Crippen LogP contribution in [0.15, 0.2) is 41.3 Å². The minimum Gasteiger partial charge on any atom is -0.493 e. The van der Waals surface area contributed by atoms with Crippen LogP contribution in [0.2, 0.25) is 10.0 Å². The van der Waals surface area contributed by atoms with Gasteiger partial charge in [0.2, 0.25) is 0 Å². The van der Waals surface area contributed by atoms with Crippen LogP contribution in [0.1, 0.15) is 18.1 Å². The second kappa shape index (κ2) is 10.8. The van der Waals surface area contributed by atoms with Crippen molar-refractivity contribution in [2.75, 3.05) is 20.3 Å². The third-order valence-electron chi connectivity index (χ3n) is 4.35. The Balaban J connectivity index is 1.75. The summed E-state index contributed by atoms with van der Waals surface area (Å²) < 4.78 is 15.6. The van der Waals surface area contributed by atoms with Gasteiger partial charge in [0.05, 0.1) is 25.2 Å². The zero-order valence-corrected chi connectivity index (χ0v) is 19.6. The van der Waals surface area contributed by atoms with Crippen molar-refractivity contribution < 1.29 is 28.6 Å². The van der Waals surface area contributed by atoms with Crippen molar-refractivity contribution in [3.05, 3.63) is 62.5 Å². The van der Waals surface area contributed by atoms with Gasteiger partial charge < -0.3 is 14.2 Å². The molecule has 0 aliphatic carbocycles. The van der Waals surface area contributed by atoms with Crippen LogP contribution in [0.3, 0.4) is 0 Å². The zero-order chi connectivity index (χ0) is 23.3. The molecule has 3 rings (SSSR count). The SMILES string of the molecule is CCOC(=O)COc1ccc(/C=C2\SC(=O)N(Cc3ccc(Cl)cc3Cl)C2=O)cc1OC. The Kier molecular flexibility index (Phi) is 8.06. The number of amides is 2. The van der Waals surface area contributed by atoms with E-state index in [-0.39, 0.29) is 24.7 Å². The van der Waals surface area contributed by atoms with Crippen LogP contribution >= 0.6 is 35.0 Å². The van der Waals surface area contributed by atoms with E-state index in [9.17, 15) is 14.4 Å². The quantitative estimate of drug-likeness (QED) is 0.368. The largest absolute Gasteiger partial charge is 0.493 e. The highest BCUT2D eigenvalue weighted by Gasteiger charge is 2.35. The van der Waals surface area contributed by atoms with Crippen molar-refractivity contribution in [3.8, 4) is 11.5 Å². The molecule has 1 aliphatic heterocycles. The predicted molar refractivity (Wildman–Crippen MR) is 123 cm³/mol. The molecule has 0 aromatic heterocycles. The summed E-state index contributed by atoms with van der Waals surface area (Å²) in [6.45, 7) is 1.76. The number of carbonyl (C=O) groups is 3. The fourth-order valence-electron chi connectivity index (χ4n) is 2.84. The Hall–Kier alpha value is -2.68. The molecule has 0 atom stereocenters. The maximum atomic E-state index is 12.8. The van der Waals surface area contributed by atoms with Gasteiger partial charge in [-0.25, -0.2) is 4.79 Å². The predicted octanol–water partition coefficient (Wildman–Crippen LogP) is 5.18. The molecule has 1 aliphatic rings. The zero-order valence-electron chi connectivity index (χ0n) is 17.2. The summed E-state index contributed by atoms with van der Waals surface area (Å²) in [4.78, 5) is 38.1. The normalized spacial score (nSPS) is 14.8. The summed E-state index contributed by atoms with van der Waals surface area (Å²) in [6.07, 6.45) is 1.59. The second-order valence-electron chi connectivity index (χ2n) is 6.51. The number of rotatable bonds is 8. The van der Waals surface area contributed by atoms with Crippen LogP contribution in [-0.2, 0) is 20.9 Å². The summed E-state index contributed by atoms with van der Waals surface area (Å²) in [5.74, 6) is -0.195. The lowest BCUT2D eigenvalue weighted by Crippen LogP contribution is -2.27. The molecule has 0 radical (unpaired) electrons. The molecule has 0 spiro atoms. The molecule has 0 bridgehead atoms. The van der Waals surface area contributed by atoms with Gasteiger partial charge in [-0.2, -0.15) is 0 Å². The van der Waals surface area contributed by atoms with E-state index in [1.165, 1.54) is 7.11 Å². The minimum absolute atomic E-state index is 0.0436. The summed E-state index contributed by atoms with van der Waals surface area (Å²) in [5, 5.41) is 0.453. The number of ether oxygens (including phenoxy) is 3. The third kappa shape index (κ3) is 5.76. The first-order valence-corrected chi connectivity index (χ1v) is 11.1. The lowest BCUT2D eigenvalue weighted by Gasteiger charge is -2.13. The van der Waals surface area contributed by atoms with Crippen molar-refractivity contribution in [2.24, 2.45) is 0 Å². The Morgan fingerprint density at radius 1 is 1.12 bits per heavy atom. The number of benzene rings is 2. The van der Waals surface area contributed by atoms with Crippen molar-refractivity contribution in [2.45, 2.75) is 13.5 Å². The number of hydrogen-bond donors (Lipinski definition) is 0. The first kappa shape index (κ1) is 24.0. The van der Waals surface area contributed by atoms with E-state index in [0.29, 0.717) is 32.7 Å². The Bertz CT molecular complexity index is 1090. The van der Waals surface area contributed by atoms with Gasteiger partial charge >= 0.3 is 5.97 Å². The van der Waals surface area contributed by atoms with Crippen molar-refractivity contribution in [1.29, 1.82) is 0 Å². The van der Waals surface area contributed by atoms with E-state index in [1.807, 2.05) is 0 Å². The van der Waals surface area contributed by atoms with Gasteiger partial charge in [-0.05, 0) is 60.2 Å². The molecule has 0 N–H and O–H groups in total. The van der Waals surface area contributed by atoms with Gasteiger partial charge in [0.1, 0.15) is 0 Å². The van der Waals surface area contributed by atoms with Gasteiger partial charge in [0, 0.05) is 10.0 Å². The van der Waals surface area contributed by atoms with Crippen LogP contribution in [-0.4, -0.2) is 42.3 Å². The number of carbonyl (C=O) groups excluding carboxylic acids is 3. The van der Waals surface area contributed by atoms with Crippen LogP contribution < -0.4 is 9.47 Å². The summed E-state index contributed by atoms with van der Waals surface area (Å²) in [5.41, 5.74) is 1.24. The Labute approximate surface area is 199 Å². The van der Waals surface area contributed by atoms with Crippen LogP contribution in [0, 0.1) is 0 Å². The van der Waals surface area contributed by atoms with E-state index < -0.39 is 17.1 Å². The first-order valence-electron chi connectivity index (χ1n) is 9.48. The molecule has 0 saturated carbocycles. The number of methoxy groups -OCH3 is 1. The fraction of sp³-hybridized carbons (Fsp3) is 0.227. The van der Waals surface area contributed by atoms with E-state index in [2.05, 4.69) is 0 Å². The number of hydrogen-bond acceptors (Lipinski definition) is 7. The van der Waals surface area contributed by atoms with Gasteiger partial charge in [0.15, 0.2) is 18.1 Å². The number of halogens is 2. The van der Waals surface area contributed by atoms with Gasteiger partial charge in [-0.15, -0.1) is 0 Å². The Morgan fingerprint density at radius 3 is 2.59 bits per heavy atom. The van der Waals surface area contributed by atoms with E-state index in [4.69, 9.17) is 37.4 Å².